The second-order valence-corrected chi connectivity index (χ2v) is 1.99. The summed E-state index contributed by atoms with van der Waals surface area (Å²) < 4.78 is 0. The van der Waals surface area contributed by atoms with Crippen molar-refractivity contribution in [1.82, 2.24) is 5.32 Å². The molecule has 1 N–H and O–H groups in total. The SMILES string of the molecule is ClC1[CH]NCC1. The molecule has 1 unspecified atom stereocenters. The molecule has 0 aromatic rings. The van der Waals surface area contributed by atoms with Crippen molar-refractivity contribution >= 4 is 11.6 Å². The van der Waals surface area contributed by atoms with E-state index in [1.165, 1.54) is 0 Å². The summed E-state index contributed by atoms with van der Waals surface area (Å²) in [5.74, 6) is 0. The molecular weight excluding hydrogens is 97.5 g/mol. The van der Waals surface area contributed by atoms with E-state index in [2.05, 4.69) is 5.32 Å². The van der Waals surface area contributed by atoms with Gasteiger partial charge in [0.05, 0.1) is 5.38 Å². The van der Waals surface area contributed by atoms with Crippen molar-refractivity contribution in [3.63, 3.8) is 0 Å². The number of rotatable bonds is 0. The highest BCUT2D eigenvalue weighted by atomic mass is 35.5. The summed E-state index contributed by atoms with van der Waals surface area (Å²) in [6.07, 6.45) is 1.08. The zero-order chi connectivity index (χ0) is 4.41. The second kappa shape index (κ2) is 1.80. The smallest absolute Gasteiger partial charge is 0.0517 e. The van der Waals surface area contributed by atoms with Crippen molar-refractivity contribution in [2.24, 2.45) is 0 Å². The second-order valence-electron chi connectivity index (χ2n) is 1.43. The van der Waals surface area contributed by atoms with Gasteiger partial charge in [0.1, 0.15) is 0 Å². The third kappa shape index (κ3) is 0.854. The van der Waals surface area contributed by atoms with Crippen molar-refractivity contribution in [2.45, 2.75) is 11.8 Å². The first kappa shape index (κ1) is 4.41. The minimum Gasteiger partial charge on any atom is -0.311 e. The Bertz CT molecular complexity index is 40.8. The number of hydrogen-bond donors (Lipinski definition) is 1. The molecule has 0 amide bonds. The van der Waals surface area contributed by atoms with E-state index in [9.17, 15) is 0 Å². The van der Waals surface area contributed by atoms with E-state index in [0.29, 0.717) is 0 Å². The molecule has 1 heterocycles. The molecule has 1 fully saturated rings. The van der Waals surface area contributed by atoms with Crippen LogP contribution in [0, 0.1) is 6.54 Å². The largest absolute Gasteiger partial charge is 0.311 e. The predicted molar refractivity (Wildman–Crippen MR) is 26.6 cm³/mol. The molecular formula is C4H7ClN. The highest BCUT2D eigenvalue weighted by molar-refractivity contribution is 6.21. The van der Waals surface area contributed by atoms with Gasteiger partial charge in [0.15, 0.2) is 0 Å². The first-order valence-corrected chi connectivity index (χ1v) is 2.54. The Balaban J connectivity index is 2.18. The molecule has 0 saturated carbocycles. The quantitative estimate of drug-likeness (QED) is 0.447. The average molecular weight is 105 g/mol. The van der Waals surface area contributed by atoms with E-state index in [1.807, 2.05) is 6.54 Å². The van der Waals surface area contributed by atoms with Gasteiger partial charge in [-0.15, -0.1) is 11.6 Å². The van der Waals surface area contributed by atoms with Crippen LogP contribution in [0.4, 0.5) is 0 Å². The van der Waals surface area contributed by atoms with Crippen molar-refractivity contribution in [3.05, 3.63) is 6.54 Å². The summed E-state index contributed by atoms with van der Waals surface area (Å²) >= 11 is 5.59. The molecule has 0 aromatic heterocycles. The monoisotopic (exact) mass is 104 g/mol. The maximum atomic E-state index is 5.59. The summed E-state index contributed by atoms with van der Waals surface area (Å²) in [5.41, 5.74) is 0. The summed E-state index contributed by atoms with van der Waals surface area (Å²) in [5, 5.41) is 3.30. The minimum atomic E-state index is 0.282. The lowest BCUT2D eigenvalue weighted by Gasteiger charge is -1.86. The van der Waals surface area contributed by atoms with Crippen molar-refractivity contribution in [2.75, 3.05) is 6.54 Å². The number of alkyl halides is 1. The van der Waals surface area contributed by atoms with Gasteiger partial charge in [0, 0.05) is 6.54 Å². The maximum Gasteiger partial charge on any atom is 0.0517 e. The molecule has 0 aromatic carbocycles. The summed E-state index contributed by atoms with van der Waals surface area (Å²) in [7, 11) is 0. The van der Waals surface area contributed by atoms with Gasteiger partial charge in [-0.05, 0) is 13.0 Å². The van der Waals surface area contributed by atoms with Crippen LogP contribution in [0.5, 0.6) is 0 Å². The topological polar surface area (TPSA) is 12.0 Å². The fraction of sp³-hybridized carbons (Fsp3) is 0.750. The lowest BCUT2D eigenvalue weighted by Crippen LogP contribution is -2.00. The maximum absolute atomic E-state index is 5.59. The molecule has 1 aliphatic heterocycles. The van der Waals surface area contributed by atoms with Gasteiger partial charge in [-0.25, -0.2) is 0 Å². The van der Waals surface area contributed by atoms with E-state index >= 15 is 0 Å². The van der Waals surface area contributed by atoms with Gasteiger partial charge in [-0.1, -0.05) is 0 Å². The van der Waals surface area contributed by atoms with Crippen LogP contribution < -0.4 is 5.32 Å². The lowest BCUT2D eigenvalue weighted by molar-refractivity contribution is 0.903. The third-order valence-corrected chi connectivity index (χ3v) is 1.21. The first-order valence-electron chi connectivity index (χ1n) is 2.10. The Kier molecular flexibility index (Phi) is 1.33. The molecule has 1 radical (unpaired) electrons. The Morgan fingerprint density at radius 3 is 2.83 bits per heavy atom. The van der Waals surface area contributed by atoms with Crippen molar-refractivity contribution in [1.29, 1.82) is 0 Å². The highest BCUT2D eigenvalue weighted by Crippen LogP contribution is 2.07. The lowest BCUT2D eigenvalue weighted by atomic mass is 10.4. The normalized spacial score (nSPS) is 34.5. The summed E-state index contributed by atoms with van der Waals surface area (Å²) in [4.78, 5) is 0. The zero-order valence-corrected chi connectivity index (χ0v) is 4.20. The average Bonchev–Trinajstić information content (AvgIpc) is 1.86. The molecule has 1 rings (SSSR count). The highest BCUT2D eigenvalue weighted by Gasteiger charge is 2.09. The molecule has 0 aliphatic carbocycles. The van der Waals surface area contributed by atoms with E-state index in [4.69, 9.17) is 11.6 Å². The van der Waals surface area contributed by atoms with E-state index in [-0.39, 0.29) is 5.38 Å². The van der Waals surface area contributed by atoms with E-state index in [1.54, 1.807) is 0 Å². The van der Waals surface area contributed by atoms with Gasteiger partial charge in [-0.3, -0.25) is 0 Å². The van der Waals surface area contributed by atoms with E-state index < -0.39 is 0 Å². The molecule has 0 spiro atoms. The minimum absolute atomic E-state index is 0.282. The molecule has 1 atom stereocenters. The Labute approximate surface area is 42.7 Å². The third-order valence-electron chi connectivity index (χ3n) is 0.863. The molecule has 2 heteroatoms. The fourth-order valence-electron chi connectivity index (χ4n) is 0.516. The van der Waals surface area contributed by atoms with Gasteiger partial charge >= 0.3 is 0 Å². The van der Waals surface area contributed by atoms with Crippen molar-refractivity contribution in [3.8, 4) is 0 Å². The Hall–Kier alpha value is 0.250. The number of halogens is 1. The van der Waals surface area contributed by atoms with Crippen LogP contribution in [0.25, 0.3) is 0 Å². The molecule has 35 valence electrons. The summed E-state index contributed by atoms with van der Waals surface area (Å²) in [6.45, 7) is 2.97. The number of nitrogens with one attached hydrogen (secondary N) is 1. The summed E-state index contributed by atoms with van der Waals surface area (Å²) in [6, 6.07) is 0. The van der Waals surface area contributed by atoms with Crippen LogP contribution in [0.1, 0.15) is 6.42 Å². The van der Waals surface area contributed by atoms with Crippen LogP contribution in [0.3, 0.4) is 0 Å². The Morgan fingerprint density at radius 1 is 1.83 bits per heavy atom. The standard InChI is InChI=1S/C4H7ClN/c5-4-1-2-6-3-4/h3-4,6H,1-2H2. The molecule has 1 nitrogen and oxygen atoms in total. The van der Waals surface area contributed by atoms with Crippen LogP contribution in [-0.2, 0) is 0 Å². The predicted octanol–water partition coefficient (Wildman–Crippen LogP) is 0.749. The molecule has 0 bridgehead atoms. The van der Waals surface area contributed by atoms with Crippen LogP contribution in [0.15, 0.2) is 0 Å². The fourth-order valence-corrected chi connectivity index (χ4v) is 0.714. The van der Waals surface area contributed by atoms with E-state index in [0.717, 1.165) is 13.0 Å². The van der Waals surface area contributed by atoms with Gasteiger partial charge < -0.3 is 5.32 Å². The van der Waals surface area contributed by atoms with Crippen LogP contribution in [-0.4, -0.2) is 11.9 Å². The van der Waals surface area contributed by atoms with Gasteiger partial charge in [-0.2, -0.15) is 0 Å². The van der Waals surface area contributed by atoms with Crippen LogP contribution in [0.2, 0.25) is 0 Å². The van der Waals surface area contributed by atoms with Crippen molar-refractivity contribution < 1.29 is 0 Å². The van der Waals surface area contributed by atoms with Gasteiger partial charge in [0.25, 0.3) is 0 Å². The first-order chi connectivity index (χ1) is 2.89. The van der Waals surface area contributed by atoms with Gasteiger partial charge in [0.2, 0.25) is 0 Å². The molecule has 1 saturated heterocycles. The molecule has 1 aliphatic rings. The van der Waals surface area contributed by atoms with Crippen LogP contribution >= 0.6 is 11.6 Å². The molecule has 6 heavy (non-hydrogen) atoms. The number of hydrogen-bond acceptors (Lipinski definition) is 1. The zero-order valence-electron chi connectivity index (χ0n) is 3.45. The Morgan fingerprint density at radius 2 is 2.67 bits per heavy atom.